The number of aliphatic carboxylic acids is 1. The second-order valence-corrected chi connectivity index (χ2v) is 5.28. The lowest BCUT2D eigenvalue weighted by Crippen LogP contribution is -2.23. The van der Waals surface area contributed by atoms with E-state index in [1.165, 1.54) is 57.8 Å². The normalized spacial score (nSPS) is 17.2. The summed E-state index contributed by atoms with van der Waals surface area (Å²) < 4.78 is 0. The molecule has 0 aromatic rings. The van der Waals surface area contributed by atoms with Gasteiger partial charge < -0.3 is 10.4 Å². The number of nitrogens with one attached hydrogen (secondary N) is 1. The minimum absolute atomic E-state index is 0.0993. The minimum atomic E-state index is -0.762. The van der Waals surface area contributed by atoms with Crippen LogP contribution in [0.1, 0.15) is 64.2 Å². The van der Waals surface area contributed by atoms with E-state index in [-0.39, 0.29) is 6.54 Å². The Morgan fingerprint density at radius 2 is 1.76 bits per heavy atom. The van der Waals surface area contributed by atoms with Gasteiger partial charge in [-0.3, -0.25) is 4.79 Å². The van der Waals surface area contributed by atoms with E-state index in [4.69, 9.17) is 5.11 Å². The highest BCUT2D eigenvalue weighted by Gasteiger charge is 2.12. The molecule has 1 fully saturated rings. The first kappa shape index (κ1) is 14.5. The maximum Gasteiger partial charge on any atom is 0.317 e. The summed E-state index contributed by atoms with van der Waals surface area (Å²) in [5.41, 5.74) is 0. The van der Waals surface area contributed by atoms with Crippen LogP contribution in [0.15, 0.2) is 0 Å². The largest absolute Gasteiger partial charge is 0.480 e. The van der Waals surface area contributed by atoms with Crippen molar-refractivity contribution >= 4 is 5.97 Å². The van der Waals surface area contributed by atoms with Gasteiger partial charge in [-0.15, -0.1) is 0 Å². The van der Waals surface area contributed by atoms with Crippen LogP contribution in [0, 0.1) is 5.92 Å². The van der Waals surface area contributed by atoms with E-state index >= 15 is 0 Å². The maximum absolute atomic E-state index is 10.2. The van der Waals surface area contributed by atoms with Gasteiger partial charge in [0.05, 0.1) is 6.54 Å². The highest BCUT2D eigenvalue weighted by Crippen LogP contribution is 2.27. The van der Waals surface area contributed by atoms with Crippen LogP contribution in [0.25, 0.3) is 0 Å². The molecule has 0 amide bonds. The highest BCUT2D eigenvalue weighted by molar-refractivity contribution is 5.68. The van der Waals surface area contributed by atoms with E-state index in [2.05, 4.69) is 5.32 Å². The zero-order valence-corrected chi connectivity index (χ0v) is 10.9. The van der Waals surface area contributed by atoms with Crippen LogP contribution in [0.3, 0.4) is 0 Å². The van der Waals surface area contributed by atoms with Crippen molar-refractivity contribution in [2.45, 2.75) is 64.2 Å². The third-order valence-electron chi connectivity index (χ3n) is 3.72. The summed E-state index contributed by atoms with van der Waals surface area (Å²) in [5, 5.41) is 11.4. The van der Waals surface area contributed by atoms with Crippen LogP contribution in [0.4, 0.5) is 0 Å². The van der Waals surface area contributed by atoms with E-state index in [1.807, 2.05) is 0 Å². The second kappa shape index (κ2) is 9.46. The fraction of sp³-hybridized carbons (Fsp3) is 0.929. The first-order valence-corrected chi connectivity index (χ1v) is 7.21. The van der Waals surface area contributed by atoms with Crippen molar-refractivity contribution in [3.8, 4) is 0 Å². The Morgan fingerprint density at radius 3 is 2.47 bits per heavy atom. The van der Waals surface area contributed by atoms with E-state index in [9.17, 15) is 4.79 Å². The molecule has 0 aliphatic heterocycles. The Hall–Kier alpha value is -0.570. The van der Waals surface area contributed by atoms with E-state index < -0.39 is 5.97 Å². The molecule has 1 aliphatic rings. The fourth-order valence-electron chi connectivity index (χ4n) is 2.71. The molecule has 0 aromatic carbocycles. The van der Waals surface area contributed by atoms with Gasteiger partial charge in [-0.25, -0.2) is 0 Å². The summed E-state index contributed by atoms with van der Waals surface area (Å²) >= 11 is 0. The fourth-order valence-corrected chi connectivity index (χ4v) is 2.71. The summed E-state index contributed by atoms with van der Waals surface area (Å²) in [6.07, 6.45) is 13.7. The number of carbonyl (C=O) groups is 1. The van der Waals surface area contributed by atoms with Crippen LogP contribution >= 0.6 is 0 Å². The van der Waals surface area contributed by atoms with Gasteiger partial charge in [0, 0.05) is 0 Å². The third kappa shape index (κ3) is 8.19. The van der Waals surface area contributed by atoms with Gasteiger partial charge in [-0.1, -0.05) is 57.8 Å². The number of hydrogen-bond donors (Lipinski definition) is 2. The summed E-state index contributed by atoms with van der Waals surface area (Å²) in [7, 11) is 0. The van der Waals surface area contributed by atoms with Gasteiger partial charge in [0.25, 0.3) is 0 Å². The molecule has 0 unspecified atom stereocenters. The predicted octanol–water partition coefficient (Wildman–Crippen LogP) is 3.19. The van der Waals surface area contributed by atoms with Gasteiger partial charge in [-0.05, 0) is 18.9 Å². The second-order valence-electron chi connectivity index (χ2n) is 5.28. The zero-order valence-electron chi connectivity index (χ0n) is 10.9. The Bertz CT molecular complexity index is 200. The highest BCUT2D eigenvalue weighted by atomic mass is 16.4. The lowest BCUT2D eigenvalue weighted by atomic mass is 9.85. The van der Waals surface area contributed by atoms with Gasteiger partial charge in [0.15, 0.2) is 0 Å². The van der Waals surface area contributed by atoms with Gasteiger partial charge >= 0.3 is 5.97 Å². The summed E-state index contributed by atoms with van der Waals surface area (Å²) in [6.45, 7) is 0.942. The van der Waals surface area contributed by atoms with Crippen molar-refractivity contribution in [3.05, 3.63) is 0 Å². The first-order valence-electron chi connectivity index (χ1n) is 7.21. The Balaban J connectivity index is 1.79. The van der Waals surface area contributed by atoms with Gasteiger partial charge in [-0.2, -0.15) is 0 Å². The van der Waals surface area contributed by atoms with Crippen molar-refractivity contribution < 1.29 is 9.90 Å². The molecule has 100 valence electrons. The summed E-state index contributed by atoms with van der Waals surface area (Å²) in [4.78, 5) is 10.2. The topological polar surface area (TPSA) is 49.3 Å². The van der Waals surface area contributed by atoms with E-state index in [0.717, 1.165) is 18.9 Å². The maximum atomic E-state index is 10.2. The monoisotopic (exact) mass is 241 g/mol. The molecule has 1 saturated carbocycles. The zero-order chi connectivity index (χ0) is 12.3. The average molecular weight is 241 g/mol. The Kier molecular flexibility index (Phi) is 8.06. The molecule has 0 aromatic heterocycles. The van der Waals surface area contributed by atoms with Gasteiger partial charge in [0.1, 0.15) is 0 Å². The molecule has 3 heteroatoms. The molecule has 0 radical (unpaired) electrons. The number of carboxylic acid groups (broad SMARTS) is 1. The first-order chi connectivity index (χ1) is 8.29. The quantitative estimate of drug-likeness (QED) is 0.609. The summed E-state index contributed by atoms with van der Waals surface area (Å²) in [6, 6.07) is 0. The molecular formula is C14H27NO2. The van der Waals surface area contributed by atoms with Crippen LogP contribution in [-0.2, 0) is 4.79 Å². The lowest BCUT2D eigenvalue weighted by molar-refractivity contribution is -0.135. The third-order valence-corrected chi connectivity index (χ3v) is 3.72. The van der Waals surface area contributed by atoms with Crippen molar-refractivity contribution in [2.24, 2.45) is 5.92 Å². The molecule has 0 atom stereocenters. The van der Waals surface area contributed by atoms with Crippen LogP contribution in [0.2, 0.25) is 0 Å². The number of carboxylic acids is 1. The summed E-state index contributed by atoms with van der Waals surface area (Å²) in [5.74, 6) is 0.246. The molecule has 2 N–H and O–H groups in total. The molecule has 1 rings (SSSR count). The molecule has 0 spiro atoms. The number of unbranched alkanes of at least 4 members (excludes halogenated alkanes) is 3. The van der Waals surface area contributed by atoms with Crippen molar-refractivity contribution in [2.75, 3.05) is 13.1 Å². The van der Waals surface area contributed by atoms with Crippen LogP contribution in [-0.4, -0.2) is 24.2 Å². The van der Waals surface area contributed by atoms with Crippen molar-refractivity contribution in [1.82, 2.24) is 5.32 Å². The average Bonchev–Trinajstić information content (AvgIpc) is 2.33. The molecule has 0 saturated heterocycles. The van der Waals surface area contributed by atoms with Crippen LogP contribution in [0.5, 0.6) is 0 Å². The van der Waals surface area contributed by atoms with Crippen LogP contribution < -0.4 is 5.32 Å². The van der Waals surface area contributed by atoms with E-state index in [1.54, 1.807) is 0 Å². The van der Waals surface area contributed by atoms with E-state index in [0.29, 0.717) is 0 Å². The molecule has 3 nitrogen and oxygen atoms in total. The Labute approximate surface area is 105 Å². The lowest BCUT2D eigenvalue weighted by Gasteiger charge is -2.21. The number of hydrogen-bond acceptors (Lipinski definition) is 2. The predicted molar refractivity (Wildman–Crippen MR) is 70.2 cm³/mol. The molecule has 1 aliphatic carbocycles. The smallest absolute Gasteiger partial charge is 0.317 e. The van der Waals surface area contributed by atoms with Gasteiger partial charge in [0.2, 0.25) is 0 Å². The number of rotatable bonds is 9. The molecule has 0 heterocycles. The van der Waals surface area contributed by atoms with Crippen molar-refractivity contribution in [3.63, 3.8) is 0 Å². The molecule has 0 bridgehead atoms. The minimum Gasteiger partial charge on any atom is -0.480 e. The molecule has 17 heavy (non-hydrogen) atoms. The Morgan fingerprint density at radius 1 is 1.06 bits per heavy atom. The molecular weight excluding hydrogens is 214 g/mol. The standard InChI is InChI=1S/C14H27NO2/c16-14(17)12-15-11-7-2-1-4-8-13-9-5-3-6-10-13/h13,15H,1-12H2,(H,16,17). The van der Waals surface area contributed by atoms with Crippen molar-refractivity contribution in [1.29, 1.82) is 0 Å². The SMILES string of the molecule is O=C(O)CNCCCCCCC1CCCCC1.